The summed E-state index contributed by atoms with van der Waals surface area (Å²) in [4.78, 5) is 11.7. The molecule has 0 spiro atoms. The Labute approximate surface area is 115 Å². The van der Waals surface area contributed by atoms with Gasteiger partial charge >= 0.3 is 0 Å². The first kappa shape index (κ1) is 14.5. The quantitative estimate of drug-likeness (QED) is 0.568. The van der Waals surface area contributed by atoms with Gasteiger partial charge in [0, 0.05) is 25.1 Å². The number of nitrogens with one attached hydrogen (secondary N) is 1. The lowest BCUT2D eigenvalue weighted by molar-refractivity contribution is -0.124. The number of rotatable bonds is 6. The molecule has 19 heavy (non-hydrogen) atoms. The van der Waals surface area contributed by atoms with Crippen LogP contribution in [0.15, 0.2) is 12.2 Å². The Morgan fingerprint density at radius 3 is 2.58 bits per heavy atom. The molecule has 0 aromatic rings. The molecule has 2 rings (SSSR count). The number of carbonyl (C=O) groups excluding carboxylic acids is 1. The number of hydrogen-bond donors (Lipinski definition) is 2. The first-order chi connectivity index (χ1) is 9.25. The Balaban J connectivity index is 1.47. The minimum atomic E-state index is 0.167. The van der Waals surface area contributed by atoms with E-state index in [4.69, 9.17) is 10.5 Å². The first-order valence-electron chi connectivity index (χ1n) is 7.55. The molecule has 108 valence electrons. The zero-order valence-electron chi connectivity index (χ0n) is 11.6. The van der Waals surface area contributed by atoms with Gasteiger partial charge < -0.3 is 15.8 Å². The Morgan fingerprint density at radius 1 is 1.21 bits per heavy atom. The van der Waals surface area contributed by atoms with Gasteiger partial charge in [0.25, 0.3) is 0 Å². The van der Waals surface area contributed by atoms with Gasteiger partial charge in [0.15, 0.2) is 0 Å². The molecule has 1 fully saturated rings. The van der Waals surface area contributed by atoms with Gasteiger partial charge in [0.2, 0.25) is 5.91 Å². The van der Waals surface area contributed by atoms with E-state index < -0.39 is 0 Å². The normalized spacial score (nSPS) is 27.6. The fraction of sp³-hybridized carbons (Fsp3) is 0.800. The van der Waals surface area contributed by atoms with Crippen LogP contribution in [-0.2, 0) is 9.53 Å². The third kappa shape index (κ3) is 4.96. The molecule has 0 unspecified atom stereocenters. The minimum absolute atomic E-state index is 0.167. The van der Waals surface area contributed by atoms with Crippen LogP contribution in [0.2, 0.25) is 0 Å². The molecule has 0 aliphatic heterocycles. The Kier molecular flexibility index (Phi) is 5.86. The monoisotopic (exact) mass is 266 g/mol. The average Bonchev–Trinajstić information content (AvgIpc) is 2.94. The number of hydrogen-bond acceptors (Lipinski definition) is 3. The van der Waals surface area contributed by atoms with Crippen LogP contribution in [0.25, 0.3) is 0 Å². The highest BCUT2D eigenvalue weighted by atomic mass is 16.5. The van der Waals surface area contributed by atoms with Crippen molar-refractivity contribution >= 4 is 5.91 Å². The molecule has 4 heteroatoms. The molecule has 1 saturated carbocycles. The van der Waals surface area contributed by atoms with Gasteiger partial charge in [-0.15, -0.1) is 0 Å². The van der Waals surface area contributed by atoms with Crippen molar-refractivity contribution in [1.29, 1.82) is 0 Å². The van der Waals surface area contributed by atoms with Crippen molar-refractivity contribution in [3.8, 4) is 0 Å². The van der Waals surface area contributed by atoms with Crippen LogP contribution >= 0.6 is 0 Å². The largest absolute Gasteiger partial charge is 0.378 e. The summed E-state index contributed by atoms with van der Waals surface area (Å²) in [6, 6.07) is 0.374. The highest BCUT2D eigenvalue weighted by Gasteiger charge is 2.19. The van der Waals surface area contributed by atoms with E-state index in [1.54, 1.807) is 0 Å². The van der Waals surface area contributed by atoms with Crippen LogP contribution < -0.4 is 11.1 Å². The molecule has 1 amide bonds. The van der Waals surface area contributed by atoms with Crippen molar-refractivity contribution in [2.24, 2.45) is 11.7 Å². The summed E-state index contributed by atoms with van der Waals surface area (Å²) in [6.45, 7) is 1.46. The van der Waals surface area contributed by atoms with E-state index in [1.165, 1.54) is 0 Å². The zero-order valence-corrected chi connectivity index (χ0v) is 11.6. The maximum Gasteiger partial charge on any atom is 0.223 e. The summed E-state index contributed by atoms with van der Waals surface area (Å²) in [5.74, 6) is 0.356. The lowest BCUT2D eigenvalue weighted by Gasteiger charge is -2.26. The van der Waals surface area contributed by atoms with Gasteiger partial charge in [-0.3, -0.25) is 4.79 Å². The summed E-state index contributed by atoms with van der Waals surface area (Å²) in [5.41, 5.74) is 5.86. The van der Waals surface area contributed by atoms with Crippen LogP contribution in [0.5, 0.6) is 0 Å². The van der Waals surface area contributed by atoms with E-state index >= 15 is 0 Å². The summed E-state index contributed by atoms with van der Waals surface area (Å²) in [7, 11) is 0. The van der Waals surface area contributed by atoms with Crippen molar-refractivity contribution in [2.45, 2.75) is 57.1 Å². The van der Waals surface area contributed by atoms with E-state index in [9.17, 15) is 4.79 Å². The van der Waals surface area contributed by atoms with Crippen LogP contribution in [0, 0.1) is 5.92 Å². The number of nitrogens with two attached hydrogens (primary N) is 1. The van der Waals surface area contributed by atoms with Gasteiger partial charge in [0.05, 0.1) is 6.10 Å². The summed E-state index contributed by atoms with van der Waals surface area (Å²) in [6.07, 6.45) is 11.6. The van der Waals surface area contributed by atoms with Crippen molar-refractivity contribution < 1.29 is 9.53 Å². The molecule has 0 bridgehead atoms. The predicted molar refractivity (Wildman–Crippen MR) is 75.7 cm³/mol. The van der Waals surface area contributed by atoms with Crippen molar-refractivity contribution in [3.05, 3.63) is 12.2 Å². The molecule has 0 aromatic carbocycles. The summed E-state index contributed by atoms with van der Waals surface area (Å²) in [5, 5.41) is 2.99. The molecule has 0 saturated heterocycles. The van der Waals surface area contributed by atoms with Crippen molar-refractivity contribution in [1.82, 2.24) is 5.32 Å². The van der Waals surface area contributed by atoms with Gasteiger partial charge in [-0.05, 0) is 44.9 Å². The topological polar surface area (TPSA) is 64.3 Å². The van der Waals surface area contributed by atoms with Gasteiger partial charge in [-0.25, -0.2) is 0 Å². The smallest absolute Gasteiger partial charge is 0.223 e. The fourth-order valence-corrected chi connectivity index (χ4v) is 2.76. The van der Waals surface area contributed by atoms with E-state index in [0.717, 1.165) is 58.1 Å². The van der Waals surface area contributed by atoms with Gasteiger partial charge in [-0.1, -0.05) is 12.2 Å². The molecule has 2 aliphatic carbocycles. The highest BCUT2D eigenvalue weighted by Crippen LogP contribution is 2.20. The second-order valence-electron chi connectivity index (χ2n) is 5.69. The molecular formula is C15H26N2O2. The molecule has 0 atom stereocenters. The van der Waals surface area contributed by atoms with E-state index in [1.807, 2.05) is 0 Å². The molecule has 3 N–H and O–H groups in total. The molecule has 0 heterocycles. The van der Waals surface area contributed by atoms with E-state index in [-0.39, 0.29) is 11.8 Å². The van der Waals surface area contributed by atoms with Crippen LogP contribution in [0.4, 0.5) is 0 Å². The molecule has 0 radical (unpaired) electrons. The first-order valence-corrected chi connectivity index (χ1v) is 7.55. The van der Waals surface area contributed by atoms with Crippen molar-refractivity contribution in [3.63, 3.8) is 0 Å². The number of allylic oxidation sites excluding steroid dienone is 2. The molecule has 4 nitrogen and oxygen atoms in total. The molecule has 2 aliphatic rings. The van der Waals surface area contributed by atoms with Gasteiger partial charge in [-0.2, -0.15) is 0 Å². The Hall–Kier alpha value is -0.870. The Morgan fingerprint density at radius 2 is 1.89 bits per heavy atom. The van der Waals surface area contributed by atoms with Crippen LogP contribution in [-0.4, -0.2) is 31.2 Å². The average molecular weight is 266 g/mol. The second-order valence-corrected chi connectivity index (χ2v) is 5.69. The third-order valence-corrected chi connectivity index (χ3v) is 4.07. The third-order valence-electron chi connectivity index (χ3n) is 4.07. The fourth-order valence-electron chi connectivity index (χ4n) is 2.76. The van der Waals surface area contributed by atoms with Crippen LogP contribution in [0.3, 0.4) is 0 Å². The predicted octanol–water partition coefficient (Wildman–Crippen LogP) is 1.75. The standard InChI is InChI=1S/C15H26N2O2/c16-13-6-8-14(9-7-13)19-11-3-10-17-15(18)12-4-1-2-5-12/h1-2,12-14H,3-11,16H2,(H,17,18). The summed E-state index contributed by atoms with van der Waals surface area (Å²) >= 11 is 0. The van der Waals surface area contributed by atoms with Gasteiger partial charge in [0.1, 0.15) is 0 Å². The van der Waals surface area contributed by atoms with E-state index in [2.05, 4.69) is 17.5 Å². The minimum Gasteiger partial charge on any atom is -0.378 e. The maximum absolute atomic E-state index is 11.7. The van der Waals surface area contributed by atoms with E-state index in [0.29, 0.717) is 12.1 Å². The zero-order chi connectivity index (χ0) is 13.5. The number of carbonyl (C=O) groups is 1. The molecular weight excluding hydrogens is 240 g/mol. The summed E-state index contributed by atoms with van der Waals surface area (Å²) < 4.78 is 5.82. The second kappa shape index (κ2) is 7.65. The Bertz CT molecular complexity index is 301. The number of ether oxygens (including phenoxy) is 1. The molecule has 0 aromatic heterocycles. The number of amides is 1. The van der Waals surface area contributed by atoms with Crippen molar-refractivity contribution in [2.75, 3.05) is 13.2 Å². The lowest BCUT2D eigenvalue weighted by Crippen LogP contribution is -2.32. The SMILES string of the molecule is NC1CCC(OCCCNC(=O)C2CC=CC2)CC1. The lowest BCUT2D eigenvalue weighted by atomic mass is 9.94. The maximum atomic E-state index is 11.7. The van der Waals surface area contributed by atoms with Crippen LogP contribution in [0.1, 0.15) is 44.9 Å². The highest BCUT2D eigenvalue weighted by molar-refractivity contribution is 5.79.